The molecule has 2 unspecified atom stereocenters. The maximum Gasteiger partial charge on any atom is 0.181 e. The topological polar surface area (TPSA) is 53.0 Å². The summed E-state index contributed by atoms with van der Waals surface area (Å²) in [6.45, 7) is 4.74. The third-order valence-corrected chi connectivity index (χ3v) is 5.40. The van der Waals surface area contributed by atoms with E-state index in [1.165, 1.54) is 24.7 Å². The van der Waals surface area contributed by atoms with Crippen molar-refractivity contribution in [2.24, 2.45) is 5.92 Å². The summed E-state index contributed by atoms with van der Waals surface area (Å²) < 4.78 is 5.30. The number of ether oxygens (including phenoxy) is 1. The van der Waals surface area contributed by atoms with E-state index in [1.54, 1.807) is 0 Å². The van der Waals surface area contributed by atoms with Crippen LogP contribution in [-0.4, -0.2) is 67.3 Å². The number of aliphatic hydroxyl groups is 1. The molecule has 5 heteroatoms. The number of carbonyl (C=O) groups is 1. The first-order chi connectivity index (χ1) is 11.7. The normalized spacial score (nSPS) is 27.1. The summed E-state index contributed by atoms with van der Waals surface area (Å²) in [5.41, 5.74) is 2.24. The number of ketones is 1. The van der Waals surface area contributed by atoms with Gasteiger partial charge in [-0.05, 0) is 30.2 Å². The summed E-state index contributed by atoms with van der Waals surface area (Å²) in [6.07, 6.45) is 4.51. The van der Waals surface area contributed by atoms with Gasteiger partial charge in [-0.25, -0.2) is 0 Å². The predicted molar refractivity (Wildman–Crippen MR) is 93.0 cm³/mol. The molecule has 0 aliphatic carbocycles. The summed E-state index contributed by atoms with van der Waals surface area (Å²) in [5.74, 6) is 0.458. The van der Waals surface area contributed by atoms with Gasteiger partial charge in [-0.3, -0.25) is 9.69 Å². The zero-order valence-corrected chi connectivity index (χ0v) is 13.8. The fourth-order valence-electron chi connectivity index (χ4n) is 4.12. The van der Waals surface area contributed by atoms with Crippen LogP contribution in [0.25, 0.3) is 6.08 Å². The number of hydrogen-bond donors (Lipinski definition) is 1. The summed E-state index contributed by atoms with van der Waals surface area (Å²) in [4.78, 5) is 16.5. The molecule has 128 valence electrons. The zero-order valence-electron chi connectivity index (χ0n) is 13.8. The Morgan fingerprint density at radius 3 is 2.75 bits per heavy atom. The van der Waals surface area contributed by atoms with Gasteiger partial charge in [-0.2, -0.15) is 0 Å². The van der Waals surface area contributed by atoms with Crippen molar-refractivity contribution in [1.82, 2.24) is 4.90 Å². The van der Waals surface area contributed by atoms with E-state index in [2.05, 4.69) is 21.9 Å². The smallest absolute Gasteiger partial charge is 0.181 e. The van der Waals surface area contributed by atoms with E-state index < -0.39 is 6.61 Å². The van der Waals surface area contributed by atoms with Crippen molar-refractivity contribution in [2.75, 3.05) is 44.4 Å². The Labute approximate surface area is 142 Å². The monoisotopic (exact) mass is 328 g/mol. The molecule has 2 bridgehead atoms. The minimum Gasteiger partial charge on any atom is -0.388 e. The van der Waals surface area contributed by atoms with E-state index in [-0.39, 0.29) is 5.78 Å². The van der Waals surface area contributed by atoms with Crippen LogP contribution in [0, 0.1) is 5.92 Å². The molecule has 24 heavy (non-hydrogen) atoms. The molecule has 5 nitrogen and oxygen atoms in total. The van der Waals surface area contributed by atoms with Gasteiger partial charge in [0.15, 0.2) is 5.78 Å². The van der Waals surface area contributed by atoms with Gasteiger partial charge >= 0.3 is 0 Å². The standard InChI is InChI=1S/C19H24N2O3/c22-11-18(23)6-5-15-3-1-2-4-19(15)21-10-16-7-17(21)9-20(16)8-14-12-24-13-14/h1-6,14,16-17,22H,7-13H2/b6-5+. The predicted octanol–water partition coefficient (Wildman–Crippen LogP) is 1.17. The van der Waals surface area contributed by atoms with Crippen molar-refractivity contribution in [3.8, 4) is 0 Å². The molecule has 1 N–H and O–H groups in total. The highest BCUT2D eigenvalue weighted by atomic mass is 16.5. The van der Waals surface area contributed by atoms with Crippen molar-refractivity contribution in [1.29, 1.82) is 0 Å². The highest BCUT2D eigenvalue weighted by molar-refractivity contribution is 5.95. The Hall–Kier alpha value is -1.69. The van der Waals surface area contributed by atoms with Crippen LogP contribution in [0.5, 0.6) is 0 Å². The van der Waals surface area contributed by atoms with Crippen LogP contribution < -0.4 is 4.90 Å². The lowest BCUT2D eigenvalue weighted by molar-refractivity contribution is -0.117. The number of rotatable bonds is 6. The quantitative estimate of drug-likeness (QED) is 0.795. The Morgan fingerprint density at radius 2 is 2.08 bits per heavy atom. The van der Waals surface area contributed by atoms with E-state index in [9.17, 15) is 4.79 Å². The molecule has 3 aliphatic heterocycles. The number of aliphatic hydroxyl groups excluding tert-OH is 1. The van der Waals surface area contributed by atoms with E-state index >= 15 is 0 Å². The molecule has 0 radical (unpaired) electrons. The van der Waals surface area contributed by atoms with Crippen LogP contribution in [-0.2, 0) is 9.53 Å². The molecule has 0 spiro atoms. The van der Waals surface area contributed by atoms with E-state index in [0.717, 1.165) is 37.8 Å². The first-order valence-corrected chi connectivity index (χ1v) is 8.74. The van der Waals surface area contributed by atoms with Gasteiger partial charge in [-0.15, -0.1) is 0 Å². The van der Waals surface area contributed by atoms with Gasteiger partial charge in [0.1, 0.15) is 6.61 Å². The van der Waals surface area contributed by atoms with Gasteiger partial charge in [-0.1, -0.05) is 18.2 Å². The highest BCUT2D eigenvalue weighted by Gasteiger charge is 2.44. The summed E-state index contributed by atoms with van der Waals surface area (Å²) in [7, 11) is 0. The van der Waals surface area contributed by atoms with Crippen LogP contribution in [0.1, 0.15) is 12.0 Å². The molecular weight excluding hydrogens is 304 g/mol. The third kappa shape index (κ3) is 2.99. The first kappa shape index (κ1) is 15.8. The van der Waals surface area contributed by atoms with Crippen molar-refractivity contribution >= 4 is 17.5 Å². The van der Waals surface area contributed by atoms with Crippen LogP contribution >= 0.6 is 0 Å². The Morgan fingerprint density at radius 1 is 1.25 bits per heavy atom. The number of anilines is 1. The SMILES string of the molecule is O=C(/C=C/c1ccccc1N1CC2CC1CN2CC1COC1)CO. The molecule has 3 saturated heterocycles. The number of nitrogens with zero attached hydrogens (tertiary/aromatic N) is 2. The molecule has 3 heterocycles. The number of carbonyl (C=O) groups excluding carboxylic acids is 1. The van der Waals surface area contributed by atoms with Crippen LogP contribution in [0.4, 0.5) is 5.69 Å². The number of hydrogen-bond acceptors (Lipinski definition) is 5. The molecule has 0 aromatic heterocycles. The van der Waals surface area contributed by atoms with E-state index in [4.69, 9.17) is 9.84 Å². The largest absolute Gasteiger partial charge is 0.388 e. The van der Waals surface area contributed by atoms with E-state index in [1.807, 2.05) is 18.2 Å². The second kappa shape index (κ2) is 6.67. The first-order valence-electron chi connectivity index (χ1n) is 8.74. The number of likely N-dealkylation sites (tertiary alicyclic amines) is 1. The van der Waals surface area contributed by atoms with Gasteiger partial charge in [0.25, 0.3) is 0 Å². The molecule has 3 fully saturated rings. The Balaban J connectivity index is 1.46. The van der Waals surface area contributed by atoms with Crippen molar-refractivity contribution in [2.45, 2.75) is 18.5 Å². The Kier molecular flexibility index (Phi) is 4.39. The minimum absolute atomic E-state index is 0.262. The number of piperazine rings is 1. The maximum absolute atomic E-state index is 11.4. The highest BCUT2D eigenvalue weighted by Crippen LogP contribution is 2.37. The molecular formula is C19H24N2O3. The summed E-state index contributed by atoms with van der Waals surface area (Å²) >= 11 is 0. The van der Waals surface area contributed by atoms with Crippen LogP contribution in [0.3, 0.4) is 0 Å². The second-order valence-corrected chi connectivity index (χ2v) is 7.07. The summed E-state index contributed by atoms with van der Waals surface area (Å²) in [6, 6.07) is 9.39. The zero-order chi connectivity index (χ0) is 16.5. The van der Waals surface area contributed by atoms with Crippen molar-refractivity contribution < 1.29 is 14.6 Å². The summed E-state index contributed by atoms with van der Waals surface area (Å²) in [5, 5.41) is 8.88. The number of fused-ring (bicyclic) bond motifs is 2. The average molecular weight is 328 g/mol. The number of para-hydroxylation sites is 1. The van der Waals surface area contributed by atoms with Crippen molar-refractivity contribution in [3.05, 3.63) is 35.9 Å². The van der Waals surface area contributed by atoms with Gasteiger partial charge in [0.2, 0.25) is 0 Å². The van der Waals surface area contributed by atoms with E-state index in [0.29, 0.717) is 12.1 Å². The molecule has 2 atom stereocenters. The molecule has 0 amide bonds. The number of benzene rings is 1. The molecule has 1 aromatic rings. The van der Waals surface area contributed by atoms with Gasteiger partial charge < -0.3 is 14.7 Å². The lowest BCUT2D eigenvalue weighted by Crippen LogP contribution is -2.50. The fraction of sp³-hybridized carbons (Fsp3) is 0.526. The molecule has 3 aliphatic rings. The van der Waals surface area contributed by atoms with Crippen LogP contribution in [0.15, 0.2) is 30.3 Å². The third-order valence-electron chi connectivity index (χ3n) is 5.40. The average Bonchev–Trinajstić information content (AvgIpc) is 3.16. The fourth-order valence-corrected chi connectivity index (χ4v) is 4.12. The molecule has 1 aromatic carbocycles. The lowest BCUT2D eigenvalue weighted by atomic mass is 10.1. The second-order valence-electron chi connectivity index (χ2n) is 7.07. The molecule has 4 rings (SSSR count). The van der Waals surface area contributed by atoms with Crippen LogP contribution in [0.2, 0.25) is 0 Å². The van der Waals surface area contributed by atoms with Gasteiger partial charge in [0.05, 0.1) is 13.2 Å². The molecule has 0 saturated carbocycles. The van der Waals surface area contributed by atoms with Gasteiger partial charge in [0, 0.05) is 43.3 Å². The lowest BCUT2D eigenvalue weighted by Gasteiger charge is -2.39. The van der Waals surface area contributed by atoms with Crippen molar-refractivity contribution in [3.63, 3.8) is 0 Å². The Bertz CT molecular complexity index is 641. The maximum atomic E-state index is 11.4. The minimum atomic E-state index is -0.438.